The van der Waals surface area contributed by atoms with E-state index in [1.165, 1.54) is 0 Å². The summed E-state index contributed by atoms with van der Waals surface area (Å²) < 4.78 is 34.7. The molecule has 0 atom stereocenters. The largest absolute Gasteiger partial charge is 0.454 e. The first kappa shape index (κ1) is 10.5. The van der Waals surface area contributed by atoms with E-state index in [-0.39, 0.29) is 6.08 Å². The first-order valence-corrected chi connectivity index (χ1v) is 2.68. The molecule has 6 heteroatoms. The third-order valence-corrected chi connectivity index (χ3v) is 0.864. The lowest BCUT2D eigenvalue weighted by Gasteiger charge is -1.99. The van der Waals surface area contributed by atoms with Crippen LogP contribution in [0.5, 0.6) is 0 Å². The second-order valence-corrected chi connectivity index (χ2v) is 1.68. The lowest BCUT2D eigenvalue weighted by Crippen LogP contribution is -2.20. The van der Waals surface area contributed by atoms with Crippen LogP contribution in [0.15, 0.2) is 21.9 Å². The van der Waals surface area contributed by atoms with Crippen LogP contribution in [0.4, 0.5) is 13.2 Å². The maximum absolute atomic E-state index is 11.6. The van der Waals surface area contributed by atoms with Crippen LogP contribution in [0.3, 0.4) is 0 Å². The van der Waals surface area contributed by atoms with Gasteiger partial charge in [0.2, 0.25) is 0 Å². The predicted molar refractivity (Wildman–Crippen MR) is 38.2 cm³/mol. The molecular weight excluding hydrogens is 173 g/mol. The summed E-state index contributed by atoms with van der Waals surface area (Å²) in [4.78, 5) is 16.3. The molecule has 0 aliphatic carbocycles. The van der Waals surface area contributed by atoms with Crippen LogP contribution in [-0.2, 0) is 4.79 Å². The Bertz CT molecular complexity index is 232. The van der Waals surface area contributed by atoms with E-state index in [2.05, 4.69) is 23.4 Å². The fourth-order valence-corrected chi connectivity index (χ4v) is 0.340. The standard InChI is InChI=1S/C6H5F3N2O/c1-10-5(11-2)3-4(12)6(7,8)9/h3H,1-2H2. The summed E-state index contributed by atoms with van der Waals surface area (Å²) in [6.07, 6.45) is -4.68. The molecule has 66 valence electrons. The van der Waals surface area contributed by atoms with Gasteiger partial charge in [0.15, 0.2) is 5.82 Å². The third-order valence-electron chi connectivity index (χ3n) is 0.864. The van der Waals surface area contributed by atoms with Crippen LogP contribution in [0.2, 0.25) is 0 Å². The fraction of sp³-hybridized carbons (Fsp3) is 0.167. The van der Waals surface area contributed by atoms with Crippen LogP contribution < -0.4 is 0 Å². The van der Waals surface area contributed by atoms with Gasteiger partial charge in [-0.15, -0.1) is 0 Å². The van der Waals surface area contributed by atoms with Gasteiger partial charge in [0.25, 0.3) is 5.78 Å². The van der Waals surface area contributed by atoms with Crippen LogP contribution in [0.25, 0.3) is 0 Å². The molecule has 0 aromatic heterocycles. The summed E-state index contributed by atoms with van der Waals surface area (Å²) in [5, 5.41) is 0. The topological polar surface area (TPSA) is 41.8 Å². The molecule has 0 fully saturated rings. The summed E-state index contributed by atoms with van der Waals surface area (Å²) in [6.45, 7) is 5.79. The van der Waals surface area contributed by atoms with E-state index < -0.39 is 17.8 Å². The monoisotopic (exact) mass is 178 g/mol. The molecule has 0 radical (unpaired) electrons. The Morgan fingerprint density at radius 3 is 1.92 bits per heavy atom. The summed E-state index contributed by atoms with van der Waals surface area (Å²) in [7, 11) is 0. The number of halogens is 3. The van der Waals surface area contributed by atoms with Gasteiger partial charge >= 0.3 is 6.18 Å². The zero-order valence-electron chi connectivity index (χ0n) is 5.93. The van der Waals surface area contributed by atoms with Gasteiger partial charge in [-0.1, -0.05) is 0 Å². The smallest absolute Gasteiger partial charge is 0.284 e. The molecule has 0 saturated carbocycles. The van der Waals surface area contributed by atoms with Crippen LogP contribution in [-0.4, -0.2) is 25.4 Å². The number of allylic oxidation sites excluding steroid dienone is 1. The van der Waals surface area contributed by atoms with Crippen molar-refractivity contribution in [2.24, 2.45) is 9.98 Å². The Morgan fingerprint density at radius 1 is 1.25 bits per heavy atom. The highest BCUT2D eigenvalue weighted by Crippen LogP contribution is 2.17. The quantitative estimate of drug-likeness (QED) is 0.475. The summed E-state index contributed by atoms with van der Waals surface area (Å²) >= 11 is 0. The van der Waals surface area contributed by atoms with Gasteiger partial charge < -0.3 is 0 Å². The molecule has 0 N–H and O–H groups in total. The van der Waals surface area contributed by atoms with Crippen LogP contribution in [0.1, 0.15) is 0 Å². The highest BCUT2D eigenvalue weighted by atomic mass is 19.4. The Morgan fingerprint density at radius 2 is 1.67 bits per heavy atom. The van der Waals surface area contributed by atoms with E-state index in [0.717, 1.165) is 0 Å². The van der Waals surface area contributed by atoms with Crippen molar-refractivity contribution < 1.29 is 18.0 Å². The van der Waals surface area contributed by atoms with E-state index in [1.54, 1.807) is 0 Å². The Hall–Kier alpha value is -1.46. The van der Waals surface area contributed by atoms with Gasteiger partial charge in [-0.05, 0) is 13.4 Å². The number of hydrogen-bond acceptors (Lipinski definition) is 3. The maximum atomic E-state index is 11.6. The van der Waals surface area contributed by atoms with Crippen LogP contribution >= 0.6 is 0 Å². The molecule has 0 aromatic carbocycles. The first-order chi connectivity index (χ1) is 5.41. The third kappa shape index (κ3) is 3.09. The highest BCUT2D eigenvalue weighted by Gasteiger charge is 2.36. The molecule has 0 aliphatic heterocycles. The fourth-order valence-electron chi connectivity index (χ4n) is 0.340. The second-order valence-electron chi connectivity index (χ2n) is 1.68. The van der Waals surface area contributed by atoms with Crippen molar-refractivity contribution >= 4 is 19.2 Å². The summed E-state index contributed by atoms with van der Waals surface area (Å²) in [6, 6.07) is 0. The van der Waals surface area contributed by atoms with Crippen LogP contribution in [0, 0.1) is 0 Å². The van der Waals surface area contributed by atoms with Gasteiger partial charge in [-0.3, -0.25) is 4.79 Å². The molecule has 0 aromatic rings. The van der Waals surface area contributed by atoms with Crippen molar-refractivity contribution in [3.05, 3.63) is 11.9 Å². The number of carbonyl (C=O) groups excluding carboxylic acids is 1. The molecule has 0 aliphatic rings. The number of rotatable bonds is 3. The number of alkyl halides is 3. The van der Waals surface area contributed by atoms with Gasteiger partial charge in [0.1, 0.15) is 0 Å². The minimum atomic E-state index is -4.90. The normalized spacial score (nSPS) is 10.2. The van der Waals surface area contributed by atoms with E-state index >= 15 is 0 Å². The van der Waals surface area contributed by atoms with Crippen molar-refractivity contribution in [1.82, 2.24) is 0 Å². The predicted octanol–water partition coefficient (Wildman–Crippen LogP) is 1.36. The van der Waals surface area contributed by atoms with E-state index in [0.29, 0.717) is 0 Å². The average molecular weight is 178 g/mol. The van der Waals surface area contributed by atoms with Crippen molar-refractivity contribution in [1.29, 1.82) is 0 Å². The van der Waals surface area contributed by atoms with E-state index in [4.69, 9.17) is 0 Å². The SMILES string of the molecule is C=NC(=CC(=O)C(F)(F)F)N=C. The molecule has 0 bridgehead atoms. The van der Waals surface area contributed by atoms with Crippen molar-refractivity contribution in [3.8, 4) is 0 Å². The molecule has 0 spiro atoms. The number of nitrogens with zero attached hydrogens (tertiary/aromatic N) is 2. The van der Waals surface area contributed by atoms with Crippen molar-refractivity contribution in [2.45, 2.75) is 6.18 Å². The first-order valence-electron chi connectivity index (χ1n) is 2.68. The zero-order chi connectivity index (χ0) is 9.78. The minimum Gasteiger partial charge on any atom is -0.284 e. The number of ketones is 1. The molecule has 0 unspecified atom stereocenters. The zero-order valence-corrected chi connectivity index (χ0v) is 5.93. The molecule has 0 amide bonds. The van der Waals surface area contributed by atoms with Gasteiger partial charge in [0, 0.05) is 6.08 Å². The molecule has 0 saturated heterocycles. The molecule has 3 nitrogen and oxygen atoms in total. The maximum Gasteiger partial charge on any atom is 0.454 e. The molecule has 12 heavy (non-hydrogen) atoms. The minimum absolute atomic E-state index is 0.222. The number of carbonyl (C=O) groups is 1. The van der Waals surface area contributed by atoms with Gasteiger partial charge in [0.05, 0.1) is 0 Å². The molecular formula is C6H5F3N2O. The Labute approximate surface area is 66.3 Å². The van der Waals surface area contributed by atoms with Crippen molar-refractivity contribution in [3.63, 3.8) is 0 Å². The lowest BCUT2D eigenvalue weighted by atomic mass is 10.3. The molecule has 0 heterocycles. The lowest BCUT2D eigenvalue weighted by molar-refractivity contribution is -0.165. The second kappa shape index (κ2) is 3.80. The summed E-state index contributed by atoms with van der Waals surface area (Å²) in [5.74, 6) is -2.48. The Kier molecular flexibility index (Phi) is 3.33. The summed E-state index contributed by atoms with van der Waals surface area (Å²) in [5.41, 5.74) is 0. The Balaban J connectivity index is 4.64. The van der Waals surface area contributed by atoms with Gasteiger partial charge in [-0.2, -0.15) is 13.2 Å². The van der Waals surface area contributed by atoms with E-state index in [9.17, 15) is 18.0 Å². The average Bonchev–Trinajstić information content (AvgIpc) is 1.97. The number of hydrogen-bond donors (Lipinski definition) is 0. The van der Waals surface area contributed by atoms with Gasteiger partial charge in [-0.25, -0.2) is 9.98 Å². The number of aliphatic imine (C=N–C) groups is 2. The molecule has 0 rings (SSSR count). The highest BCUT2D eigenvalue weighted by molar-refractivity contribution is 5.95. The van der Waals surface area contributed by atoms with Crippen molar-refractivity contribution in [2.75, 3.05) is 0 Å². The van der Waals surface area contributed by atoms with E-state index in [1.807, 2.05) is 0 Å².